The van der Waals surface area contributed by atoms with Gasteiger partial charge >= 0.3 is 0 Å². The van der Waals surface area contributed by atoms with Crippen molar-refractivity contribution in [2.45, 2.75) is 19.8 Å². The summed E-state index contributed by atoms with van der Waals surface area (Å²) in [6.45, 7) is 4.80. The highest BCUT2D eigenvalue weighted by atomic mass is 16.5. The van der Waals surface area contributed by atoms with E-state index in [1.54, 1.807) is 4.90 Å². The van der Waals surface area contributed by atoms with Gasteiger partial charge in [0, 0.05) is 31.1 Å². The lowest BCUT2D eigenvalue weighted by Gasteiger charge is -2.24. The van der Waals surface area contributed by atoms with E-state index >= 15 is 0 Å². The van der Waals surface area contributed by atoms with Gasteiger partial charge in [0.05, 0.1) is 25.0 Å². The maximum Gasteiger partial charge on any atom is 0.232 e. The molecule has 1 aromatic rings. The van der Waals surface area contributed by atoms with E-state index in [1.165, 1.54) is 0 Å². The second-order valence-electron chi connectivity index (χ2n) is 6.24. The van der Waals surface area contributed by atoms with Crippen LogP contribution in [0.4, 0.5) is 11.4 Å². The maximum atomic E-state index is 12.7. The molecule has 24 heavy (non-hydrogen) atoms. The molecule has 2 saturated heterocycles. The summed E-state index contributed by atoms with van der Waals surface area (Å²) in [6.07, 6.45) is 1.53. The molecule has 0 aromatic heterocycles. The van der Waals surface area contributed by atoms with Gasteiger partial charge in [-0.3, -0.25) is 9.59 Å². The number of ether oxygens (including phenoxy) is 2. The normalized spacial score (nSPS) is 23.2. The lowest BCUT2D eigenvalue weighted by molar-refractivity contribution is -0.122. The summed E-state index contributed by atoms with van der Waals surface area (Å²) < 4.78 is 10.6. The summed E-state index contributed by atoms with van der Waals surface area (Å²) >= 11 is 0. The Bertz CT molecular complexity index is 592. The monoisotopic (exact) mass is 332 g/mol. The van der Waals surface area contributed by atoms with Crippen LogP contribution in [-0.2, 0) is 19.1 Å². The van der Waals surface area contributed by atoms with Gasteiger partial charge in [0.2, 0.25) is 11.8 Å². The molecule has 2 amide bonds. The molecule has 0 unspecified atom stereocenters. The molecular weight excluding hydrogens is 308 g/mol. The van der Waals surface area contributed by atoms with E-state index in [4.69, 9.17) is 9.47 Å². The number of nitrogens with one attached hydrogen (secondary N) is 1. The van der Waals surface area contributed by atoms with Gasteiger partial charge < -0.3 is 19.7 Å². The molecule has 0 saturated carbocycles. The average Bonchev–Trinajstić information content (AvgIpc) is 3.29. The molecule has 2 atom stereocenters. The molecule has 2 aliphatic heterocycles. The van der Waals surface area contributed by atoms with Crippen LogP contribution < -0.4 is 10.2 Å². The van der Waals surface area contributed by atoms with Crippen LogP contribution in [0.5, 0.6) is 0 Å². The van der Waals surface area contributed by atoms with Crippen molar-refractivity contribution < 1.29 is 19.1 Å². The summed E-state index contributed by atoms with van der Waals surface area (Å²) in [5, 5.41) is 2.93. The molecule has 6 heteroatoms. The average molecular weight is 332 g/mol. The van der Waals surface area contributed by atoms with Crippen LogP contribution in [-0.4, -0.2) is 44.8 Å². The van der Waals surface area contributed by atoms with Gasteiger partial charge in [0.15, 0.2) is 0 Å². The Morgan fingerprint density at radius 3 is 2.50 bits per heavy atom. The van der Waals surface area contributed by atoms with E-state index < -0.39 is 0 Å². The molecule has 2 heterocycles. The van der Waals surface area contributed by atoms with Crippen LogP contribution in [0, 0.1) is 11.8 Å². The molecule has 2 aliphatic rings. The molecule has 0 radical (unpaired) electrons. The Morgan fingerprint density at radius 1 is 1.17 bits per heavy atom. The van der Waals surface area contributed by atoms with Gasteiger partial charge in [-0.25, -0.2) is 0 Å². The number of rotatable bonds is 5. The molecule has 2 fully saturated rings. The summed E-state index contributed by atoms with van der Waals surface area (Å²) in [4.78, 5) is 26.6. The quantitative estimate of drug-likeness (QED) is 0.896. The number of benzene rings is 1. The minimum absolute atomic E-state index is 0.0248. The summed E-state index contributed by atoms with van der Waals surface area (Å²) in [5.41, 5.74) is 1.51. The number of nitrogens with zero attached hydrogens (tertiary/aromatic N) is 1. The maximum absolute atomic E-state index is 12.7. The summed E-state index contributed by atoms with van der Waals surface area (Å²) in [5.74, 6) is -0.0991. The number of carbonyl (C=O) groups excluding carboxylic acids is 2. The van der Waals surface area contributed by atoms with E-state index in [0.717, 1.165) is 18.5 Å². The lowest BCUT2D eigenvalue weighted by atomic mass is 10.1. The van der Waals surface area contributed by atoms with E-state index in [2.05, 4.69) is 5.32 Å². The van der Waals surface area contributed by atoms with Gasteiger partial charge in [-0.1, -0.05) is 6.07 Å². The van der Waals surface area contributed by atoms with Crippen LogP contribution in [0.1, 0.15) is 19.8 Å². The van der Waals surface area contributed by atoms with Crippen LogP contribution in [0.2, 0.25) is 0 Å². The van der Waals surface area contributed by atoms with Crippen molar-refractivity contribution >= 4 is 23.2 Å². The molecular formula is C18H24N2O4. The Balaban J connectivity index is 1.70. The standard InChI is InChI=1S/C18H24N2O4/c1-2-20(18(22)14-7-9-24-12-14)16-5-3-4-15(10-16)19-17(21)13-6-8-23-11-13/h3-5,10,13-14H,2,6-9,11-12H2,1H3,(H,19,21)/t13-,14+/m0/s1. The third-order valence-corrected chi connectivity index (χ3v) is 4.59. The van der Waals surface area contributed by atoms with E-state index in [9.17, 15) is 9.59 Å². The molecule has 130 valence electrons. The molecule has 6 nitrogen and oxygen atoms in total. The first-order valence-corrected chi connectivity index (χ1v) is 8.57. The van der Waals surface area contributed by atoms with Crippen molar-refractivity contribution in [2.75, 3.05) is 43.2 Å². The zero-order valence-electron chi connectivity index (χ0n) is 14.0. The molecule has 0 aliphatic carbocycles. The summed E-state index contributed by atoms with van der Waals surface area (Å²) in [7, 11) is 0. The zero-order chi connectivity index (χ0) is 16.9. The fourth-order valence-corrected chi connectivity index (χ4v) is 3.15. The van der Waals surface area contributed by atoms with E-state index in [0.29, 0.717) is 38.7 Å². The minimum Gasteiger partial charge on any atom is -0.381 e. The first kappa shape index (κ1) is 16.9. The first-order chi connectivity index (χ1) is 11.7. The van der Waals surface area contributed by atoms with Crippen molar-refractivity contribution in [3.8, 4) is 0 Å². The number of hydrogen-bond donors (Lipinski definition) is 1. The van der Waals surface area contributed by atoms with Crippen LogP contribution in [0.25, 0.3) is 0 Å². The van der Waals surface area contributed by atoms with Gasteiger partial charge in [0.1, 0.15) is 0 Å². The SMILES string of the molecule is CCN(C(=O)[C@@H]1CCOC1)c1cccc(NC(=O)[C@H]2CCOC2)c1. The summed E-state index contributed by atoms with van der Waals surface area (Å²) in [6, 6.07) is 7.45. The lowest BCUT2D eigenvalue weighted by Crippen LogP contribution is -2.36. The van der Waals surface area contributed by atoms with Gasteiger partial charge in [-0.15, -0.1) is 0 Å². The Hall–Kier alpha value is -1.92. The number of carbonyl (C=O) groups is 2. The molecule has 1 aromatic carbocycles. The van der Waals surface area contributed by atoms with E-state index in [-0.39, 0.29) is 23.7 Å². The predicted molar refractivity (Wildman–Crippen MR) is 91.0 cm³/mol. The highest BCUT2D eigenvalue weighted by Gasteiger charge is 2.28. The van der Waals surface area contributed by atoms with Gasteiger partial charge in [0.25, 0.3) is 0 Å². The van der Waals surface area contributed by atoms with Crippen molar-refractivity contribution in [3.63, 3.8) is 0 Å². The molecule has 0 bridgehead atoms. The van der Waals surface area contributed by atoms with Gasteiger partial charge in [-0.2, -0.15) is 0 Å². The fourth-order valence-electron chi connectivity index (χ4n) is 3.15. The molecule has 3 rings (SSSR count). The van der Waals surface area contributed by atoms with Crippen molar-refractivity contribution in [2.24, 2.45) is 11.8 Å². The van der Waals surface area contributed by atoms with E-state index in [1.807, 2.05) is 31.2 Å². The highest BCUT2D eigenvalue weighted by molar-refractivity contribution is 5.97. The van der Waals surface area contributed by atoms with Crippen LogP contribution >= 0.6 is 0 Å². The predicted octanol–water partition coefficient (Wildman–Crippen LogP) is 2.05. The molecule has 0 spiro atoms. The van der Waals surface area contributed by atoms with Gasteiger partial charge in [-0.05, 0) is 38.0 Å². The van der Waals surface area contributed by atoms with Crippen LogP contribution in [0.15, 0.2) is 24.3 Å². The van der Waals surface area contributed by atoms with Crippen molar-refractivity contribution in [1.29, 1.82) is 0 Å². The largest absolute Gasteiger partial charge is 0.381 e. The Morgan fingerprint density at radius 2 is 1.88 bits per heavy atom. The third kappa shape index (κ3) is 3.76. The Labute approximate surface area is 142 Å². The smallest absolute Gasteiger partial charge is 0.232 e. The Kier molecular flexibility index (Phi) is 5.48. The zero-order valence-corrected chi connectivity index (χ0v) is 14.0. The topological polar surface area (TPSA) is 67.9 Å². The number of amides is 2. The molecule has 1 N–H and O–H groups in total. The van der Waals surface area contributed by atoms with Crippen molar-refractivity contribution in [1.82, 2.24) is 0 Å². The fraction of sp³-hybridized carbons (Fsp3) is 0.556. The van der Waals surface area contributed by atoms with Crippen LogP contribution in [0.3, 0.4) is 0 Å². The second-order valence-corrected chi connectivity index (χ2v) is 6.24. The second kappa shape index (κ2) is 7.77. The van der Waals surface area contributed by atoms with Crippen molar-refractivity contribution in [3.05, 3.63) is 24.3 Å². The third-order valence-electron chi connectivity index (χ3n) is 4.59. The number of anilines is 2. The highest BCUT2D eigenvalue weighted by Crippen LogP contribution is 2.24. The first-order valence-electron chi connectivity index (χ1n) is 8.57. The minimum atomic E-state index is -0.0896. The number of hydrogen-bond acceptors (Lipinski definition) is 4.